The third-order valence-corrected chi connectivity index (χ3v) is 3.33. The van der Waals surface area contributed by atoms with Gasteiger partial charge in [0.25, 0.3) is 5.69 Å². The van der Waals surface area contributed by atoms with Crippen LogP contribution in [0.25, 0.3) is 22.6 Å². The van der Waals surface area contributed by atoms with Gasteiger partial charge in [-0.15, -0.1) is 0 Å². The van der Waals surface area contributed by atoms with Crippen molar-refractivity contribution in [2.75, 3.05) is 6.61 Å². The van der Waals surface area contributed by atoms with Crippen molar-refractivity contribution >= 4 is 22.8 Å². The van der Waals surface area contributed by atoms with Crippen LogP contribution in [0.2, 0.25) is 0 Å². The summed E-state index contributed by atoms with van der Waals surface area (Å²) in [5.74, 6) is -1.12. The summed E-state index contributed by atoms with van der Waals surface area (Å²) < 4.78 is 23.6. The Morgan fingerprint density at radius 3 is 2.72 bits per heavy atom. The minimum Gasteiger partial charge on any atom is -0.458 e. The van der Waals surface area contributed by atoms with Gasteiger partial charge < -0.3 is 9.15 Å². The maximum atomic E-state index is 13.0. The van der Waals surface area contributed by atoms with E-state index in [0.717, 1.165) is 6.07 Å². The standard InChI is InChI=1S/C17H11FN2O5/c1-2-7-24-17(21)13-8-12(20(22)23)9-14-15(13)25-16(19-14)10-3-5-11(18)6-4-10/h2-6,8-9H,1,7H2. The van der Waals surface area contributed by atoms with Crippen LogP contribution in [-0.4, -0.2) is 22.5 Å². The van der Waals surface area contributed by atoms with Gasteiger partial charge in [0.2, 0.25) is 5.89 Å². The Hall–Kier alpha value is -3.55. The van der Waals surface area contributed by atoms with Gasteiger partial charge in [0, 0.05) is 17.7 Å². The molecule has 0 atom stereocenters. The molecule has 0 aliphatic carbocycles. The molecule has 8 heteroatoms. The molecule has 0 radical (unpaired) electrons. The number of hydrogen-bond donors (Lipinski definition) is 0. The molecule has 1 aromatic heterocycles. The first-order valence-corrected chi connectivity index (χ1v) is 7.12. The van der Waals surface area contributed by atoms with Crippen molar-refractivity contribution in [2.45, 2.75) is 0 Å². The van der Waals surface area contributed by atoms with Crippen molar-refractivity contribution in [2.24, 2.45) is 0 Å². The minimum absolute atomic E-state index is 0.0536. The first-order valence-electron chi connectivity index (χ1n) is 7.12. The number of benzene rings is 2. The Balaban J connectivity index is 2.15. The van der Waals surface area contributed by atoms with Crippen molar-refractivity contribution in [1.29, 1.82) is 0 Å². The second-order valence-electron chi connectivity index (χ2n) is 5.01. The largest absolute Gasteiger partial charge is 0.458 e. The van der Waals surface area contributed by atoms with Gasteiger partial charge in [-0.25, -0.2) is 14.2 Å². The second kappa shape index (κ2) is 6.52. The molecule has 126 valence electrons. The Morgan fingerprint density at radius 2 is 2.08 bits per heavy atom. The molecule has 2 aromatic carbocycles. The number of non-ortho nitro benzene ring substituents is 1. The quantitative estimate of drug-likeness (QED) is 0.302. The number of hydrogen-bond acceptors (Lipinski definition) is 6. The molecule has 3 rings (SSSR count). The molecule has 0 saturated heterocycles. The monoisotopic (exact) mass is 342 g/mol. The summed E-state index contributed by atoms with van der Waals surface area (Å²) in [5, 5.41) is 11.1. The first kappa shape index (κ1) is 16.3. The highest BCUT2D eigenvalue weighted by molar-refractivity contribution is 6.02. The van der Waals surface area contributed by atoms with Gasteiger partial charge in [-0.3, -0.25) is 10.1 Å². The van der Waals surface area contributed by atoms with Crippen LogP contribution in [0.5, 0.6) is 0 Å². The van der Waals surface area contributed by atoms with E-state index in [2.05, 4.69) is 11.6 Å². The fourth-order valence-electron chi connectivity index (χ4n) is 2.20. The van der Waals surface area contributed by atoms with Crippen molar-refractivity contribution in [3.63, 3.8) is 0 Å². The van der Waals surface area contributed by atoms with Gasteiger partial charge in [0.05, 0.1) is 4.92 Å². The van der Waals surface area contributed by atoms with Crippen LogP contribution in [0.1, 0.15) is 10.4 Å². The van der Waals surface area contributed by atoms with Crippen molar-refractivity contribution in [1.82, 2.24) is 4.98 Å². The molecule has 1 heterocycles. The molecule has 0 fully saturated rings. The van der Waals surface area contributed by atoms with Gasteiger partial charge in [0.15, 0.2) is 5.58 Å². The van der Waals surface area contributed by atoms with Gasteiger partial charge in [0.1, 0.15) is 23.5 Å². The zero-order valence-electron chi connectivity index (χ0n) is 12.8. The average molecular weight is 342 g/mol. The van der Waals surface area contributed by atoms with E-state index in [1.165, 1.54) is 36.4 Å². The number of fused-ring (bicyclic) bond motifs is 1. The van der Waals surface area contributed by atoms with E-state index in [0.29, 0.717) is 5.56 Å². The van der Waals surface area contributed by atoms with E-state index < -0.39 is 16.7 Å². The van der Waals surface area contributed by atoms with Gasteiger partial charge in [-0.2, -0.15) is 0 Å². The number of nitro benzene ring substituents is 1. The van der Waals surface area contributed by atoms with E-state index in [-0.39, 0.29) is 34.8 Å². The molecule has 0 N–H and O–H groups in total. The first-order chi connectivity index (χ1) is 12.0. The zero-order valence-corrected chi connectivity index (χ0v) is 12.8. The summed E-state index contributed by atoms with van der Waals surface area (Å²) in [5.41, 5.74) is 0.202. The third-order valence-electron chi connectivity index (χ3n) is 3.33. The number of carbonyl (C=O) groups excluding carboxylic acids is 1. The predicted molar refractivity (Wildman–Crippen MR) is 86.5 cm³/mol. The number of nitro groups is 1. The molecule has 25 heavy (non-hydrogen) atoms. The number of esters is 1. The minimum atomic E-state index is -0.796. The third kappa shape index (κ3) is 3.23. The van der Waals surface area contributed by atoms with Crippen molar-refractivity contribution in [3.8, 4) is 11.5 Å². The Morgan fingerprint density at radius 1 is 1.36 bits per heavy atom. The molecule has 7 nitrogen and oxygen atoms in total. The van der Waals surface area contributed by atoms with Gasteiger partial charge >= 0.3 is 5.97 Å². The highest BCUT2D eigenvalue weighted by Gasteiger charge is 2.23. The fraction of sp³-hybridized carbons (Fsp3) is 0.0588. The summed E-state index contributed by atoms with van der Waals surface area (Å²) >= 11 is 0. The van der Waals surface area contributed by atoms with E-state index >= 15 is 0 Å². The van der Waals surface area contributed by atoms with E-state index in [9.17, 15) is 19.3 Å². The van der Waals surface area contributed by atoms with E-state index in [1.807, 2.05) is 0 Å². The molecular formula is C17H11FN2O5. The summed E-state index contributed by atoms with van der Waals surface area (Å²) in [6.45, 7) is 3.38. The lowest BCUT2D eigenvalue weighted by Crippen LogP contribution is -2.06. The number of rotatable bonds is 5. The molecule has 0 aliphatic heterocycles. The molecule has 0 unspecified atom stereocenters. The topological polar surface area (TPSA) is 95.5 Å². The van der Waals surface area contributed by atoms with Crippen LogP contribution >= 0.6 is 0 Å². The summed E-state index contributed by atoms with van der Waals surface area (Å²) in [6.07, 6.45) is 1.37. The number of nitrogens with zero attached hydrogens (tertiary/aromatic N) is 2. The SMILES string of the molecule is C=CCOC(=O)c1cc([N+](=O)[O-])cc2nc(-c3ccc(F)cc3)oc12. The molecule has 0 amide bonds. The van der Waals surface area contributed by atoms with Crippen LogP contribution < -0.4 is 0 Å². The van der Waals surface area contributed by atoms with Crippen molar-refractivity contribution in [3.05, 3.63) is 70.5 Å². The molecule has 0 saturated carbocycles. The Bertz CT molecular complexity index is 979. The number of ether oxygens (including phenoxy) is 1. The summed E-state index contributed by atoms with van der Waals surface area (Å²) in [7, 11) is 0. The number of oxazole rings is 1. The number of carbonyl (C=O) groups is 1. The lowest BCUT2D eigenvalue weighted by molar-refractivity contribution is -0.384. The lowest BCUT2D eigenvalue weighted by atomic mass is 10.1. The second-order valence-corrected chi connectivity index (χ2v) is 5.01. The number of halogens is 1. The van der Waals surface area contributed by atoms with Crippen LogP contribution in [-0.2, 0) is 4.74 Å². The predicted octanol–water partition coefficient (Wildman–Crippen LogP) is 3.88. The summed E-state index contributed by atoms with van der Waals surface area (Å²) in [6, 6.07) is 7.61. The maximum Gasteiger partial charge on any atom is 0.342 e. The Kier molecular flexibility index (Phi) is 4.25. The van der Waals surface area contributed by atoms with Gasteiger partial charge in [-0.1, -0.05) is 12.7 Å². The van der Waals surface area contributed by atoms with E-state index in [4.69, 9.17) is 9.15 Å². The van der Waals surface area contributed by atoms with Crippen molar-refractivity contribution < 1.29 is 23.3 Å². The summed E-state index contributed by atoms with van der Waals surface area (Å²) in [4.78, 5) is 26.8. The van der Waals surface area contributed by atoms with E-state index in [1.54, 1.807) is 0 Å². The highest BCUT2D eigenvalue weighted by Crippen LogP contribution is 2.30. The molecular weight excluding hydrogens is 331 g/mol. The highest BCUT2D eigenvalue weighted by atomic mass is 19.1. The van der Waals surface area contributed by atoms with Crippen LogP contribution in [0.4, 0.5) is 10.1 Å². The average Bonchev–Trinajstić information content (AvgIpc) is 3.03. The van der Waals surface area contributed by atoms with Gasteiger partial charge in [-0.05, 0) is 24.3 Å². The smallest absolute Gasteiger partial charge is 0.342 e. The molecule has 0 spiro atoms. The van der Waals surface area contributed by atoms with Crippen LogP contribution in [0.3, 0.4) is 0 Å². The fourth-order valence-corrected chi connectivity index (χ4v) is 2.20. The van der Waals surface area contributed by atoms with Crippen LogP contribution in [0, 0.1) is 15.9 Å². The molecule has 0 aliphatic rings. The Labute approximate surface area is 140 Å². The maximum absolute atomic E-state index is 13.0. The zero-order chi connectivity index (χ0) is 18.0. The normalized spacial score (nSPS) is 10.6. The van der Waals surface area contributed by atoms with Crippen LogP contribution in [0.15, 0.2) is 53.5 Å². The molecule has 0 bridgehead atoms. The number of aromatic nitrogens is 1. The molecule has 3 aromatic rings. The lowest BCUT2D eigenvalue weighted by Gasteiger charge is -2.02.